The van der Waals surface area contributed by atoms with Crippen molar-refractivity contribution in [3.63, 3.8) is 0 Å². The second-order valence-electron chi connectivity index (χ2n) is 6.11. The topological polar surface area (TPSA) is 50.8 Å². The zero-order valence-corrected chi connectivity index (χ0v) is 12.8. The average molecular weight is 305 g/mol. The summed E-state index contributed by atoms with van der Waals surface area (Å²) < 4.78 is 10.8. The van der Waals surface area contributed by atoms with Gasteiger partial charge in [0.2, 0.25) is 5.91 Å². The number of nitrogens with zero attached hydrogens (tertiary/aromatic N) is 1. The highest BCUT2D eigenvalue weighted by Gasteiger charge is 2.41. The van der Waals surface area contributed by atoms with Crippen LogP contribution in [0.5, 0.6) is 0 Å². The third kappa shape index (κ3) is 3.64. The molecule has 3 saturated heterocycles. The molecule has 3 fully saturated rings. The molecule has 0 aromatic carbocycles. The molecule has 3 aliphatic rings. The van der Waals surface area contributed by atoms with Crippen LogP contribution in [0.25, 0.3) is 0 Å². The van der Waals surface area contributed by atoms with E-state index in [4.69, 9.17) is 9.47 Å². The summed E-state index contributed by atoms with van der Waals surface area (Å²) in [5.41, 5.74) is 0.352. The van der Waals surface area contributed by atoms with E-state index in [1.807, 2.05) is 0 Å². The van der Waals surface area contributed by atoms with Crippen molar-refractivity contribution >= 4 is 18.3 Å². The zero-order chi connectivity index (χ0) is 13.1. The molecular formula is C14H25ClN2O3. The third-order valence-corrected chi connectivity index (χ3v) is 4.76. The van der Waals surface area contributed by atoms with Crippen molar-refractivity contribution in [2.45, 2.75) is 31.7 Å². The number of amides is 1. The lowest BCUT2D eigenvalue weighted by atomic mass is 9.80. The Morgan fingerprint density at radius 3 is 2.70 bits per heavy atom. The molecule has 20 heavy (non-hydrogen) atoms. The molecule has 1 atom stereocenters. The Hall–Kier alpha value is -0.360. The highest BCUT2D eigenvalue weighted by atomic mass is 35.5. The molecule has 6 heteroatoms. The van der Waals surface area contributed by atoms with Gasteiger partial charge in [0.1, 0.15) is 0 Å². The predicted molar refractivity (Wildman–Crippen MR) is 78.2 cm³/mol. The predicted octanol–water partition coefficient (Wildman–Crippen LogP) is 0.816. The Morgan fingerprint density at radius 2 is 2.00 bits per heavy atom. The number of halogens is 1. The van der Waals surface area contributed by atoms with Crippen LogP contribution in [0, 0.1) is 5.41 Å². The lowest BCUT2D eigenvalue weighted by Gasteiger charge is -2.33. The van der Waals surface area contributed by atoms with E-state index in [-0.39, 0.29) is 24.4 Å². The number of rotatable bonds is 2. The number of carbonyl (C=O) groups excluding carboxylic acids is 1. The fourth-order valence-corrected chi connectivity index (χ4v) is 3.45. The summed E-state index contributed by atoms with van der Waals surface area (Å²) in [5.74, 6) is 0.284. The van der Waals surface area contributed by atoms with E-state index >= 15 is 0 Å². The summed E-state index contributed by atoms with van der Waals surface area (Å²) >= 11 is 0. The van der Waals surface area contributed by atoms with Crippen LogP contribution in [0.3, 0.4) is 0 Å². The Labute approximate surface area is 126 Å². The standard InChI is InChI=1S/C14H24N2O3.ClH/c17-13(9-12-10-19-8-4-15-12)16-5-1-14(11-16)2-6-18-7-3-14;/h12,15H,1-11H2;1H. The van der Waals surface area contributed by atoms with Crippen LogP contribution in [0.2, 0.25) is 0 Å². The smallest absolute Gasteiger partial charge is 0.224 e. The molecule has 5 nitrogen and oxygen atoms in total. The minimum Gasteiger partial charge on any atom is -0.381 e. The van der Waals surface area contributed by atoms with Gasteiger partial charge in [-0.25, -0.2) is 0 Å². The second-order valence-corrected chi connectivity index (χ2v) is 6.11. The first-order chi connectivity index (χ1) is 9.27. The van der Waals surface area contributed by atoms with Gasteiger partial charge < -0.3 is 19.7 Å². The van der Waals surface area contributed by atoms with E-state index < -0.39 is 0 Å². The van der Waals surface area contributed by atoms with Gasteiger partial charge in [-0.15, -0.1) is 12.4 Å². The zero-order valence-electron chi connectivity index (χ0n) is 11.9. The van der Waals surface area contributed by atoms with E-state index in [0.717, 1.165) is 58.7 Å². The molecule has 1 amide bonds. The van der Waals surface area contributed by atoms with Gasteiger partial charge in [0.15, 0.2) is 0 Å². The van der Waals surface area contributed by atoms with Crippen LogP contribution in [0.1, 0.15) is 25.7 Å². The molecule has 0 saturated carbocycles. The summed E-state index contributed by atoms with van der Waals surface area (Å²) in [6.07, 6.45) is 3.95. The molecule has 0 bridgehead atoms. The third-order valence-electron chi connectivity index (χ3n) is 4.76. The van der Waals surface area contributed by atoms with Crippen LogP contribution >= 0.6 is 12.4 Å². The highest BCUT2D eigenvalue weighted by molar-refractivity contribution is 5.85. The van der Waals surface area contributed by atoms with E-state index in [1.165, 1.54) is 0 Å². The molecule has 0 aromatic rings. The molecular weight excluding hydrogens is 280 g/mol. The van der Waals surface area contributed by atoms with Crippen molar-refractivity contribution in [3.8, 4) is 0 Å². The fraction of sp³-hybridized carbons (Fsp3) is 0.929. The average Bonchev–Trinajstić information content (AvgIpc) is 2.85. The number of nitrogens with one attached hydrogen (secondary N) is 1. The van der Waals surface area contributed by atoms with Crippen molar-refractivity contribution in [1.29, 1.82) is 0 Å². The van der Waals surface area contributed by atoms with Gasteiger partial charge in [-0.1, -0.05) is 0 Å². The van der Waals surface area contributed by atoms with Gasteiger partial charge >= 0.3 is 0 Å². The van der Waals surface area contributed by atoms with E-state index in [0.29, 0.717) is 18.4 Å². The van der Waals surface area contributed by atoms with Crippen molar-refractivity contribution in [3.05, 3.63) is 0 Å². The molecule has 0 aromatic heterocycles. The molecule has 3 aliphatic heterocycles. The van der Waals surface area contributed by atoms with Gasteiger partial charge in [0.25, 0.3) is 0 Å². The summed E-state index contributed by atoms with van der Waals surface area (Å²) in [5, 5.41) is 3.35. The summed E-state index contributed by atoms with van der Waals surface area (Å²) in [6.45, 7) is 5.87. The van der Waals surface area contributed by atoms with Gasteiger partial charge in [-0.3, -0.25) is 4.79 Å². The van der Waals surface area contributed by atoms with Crippen LogP contribution < -0.4 is 5.32 Å². The van der Waals surface area contributed by atoms with E-state index in [2.05, 4.69) is 10.2 Å². The minimum atomic E-state index is 0. The van der Waals surface area contributed by atoms with Crippen molar-refractivity contribution in [2.75, 3.05) is 46.1 Å². The number of ether oxygens (including phenoxy) is 2. The normalized spacial score (nSPS) is 29.2. The molecule has 3 rings (SSSR count). The molecule has 0 radical (unpaired) electrons. The van der Waals surface area contributed by atoms with Gasteiger partial charge in [-0.05, 0) is 24.7 Å². The maximum Gasteiger partial charge on any atom is 0.224 e. The van der Waals surface area contributed by atoms with E-state index in [1.54, 1.807) is 0 Å². The first-order valence-corrected chi connectivity index (χ1v) is 7.44. The van der Waals surface area contributed by atoms with Gasteiger partial charge in [-0.2, -0.15) is 0 Å². The van der Waals surface area contributed by atoms with Crippen LogP contribution in [0.4, 0.5) is 0 Å². The number of morpholine rings is 1. The largest absolute Gasteiger partial charge is 0.381 e. The molecule has 1 unspecified atom stereocenters. The lowest BCUT2D eigenvalue weighted by Crippen LogP contribution is -2.45. The lowest BCUT2D eigenvalue weighted by molar-refractivity contribution is -0.132. The van der Waals surface area contributed by atoms with Gasteiger partial charge in [0.05, 0.1) is 13.2 Å². The van der Waals surface area contributed by atoms with Crippen LogP contribution in [-0.4, -0.2) is 62.9 Å². The Morgan fingerprint density at radius 1 is 1.20 bits per heavy atom. The second kappa shape index (κ2) is 7.07. The monoisotopic (exact) mass is 304 g/mol. The molecule has 0 aliphatic carbocycles. The first-order valence-electron chi connectivity index (χ1n) is 7.44. The molecule has 1 N–H and O–H groups in total. The Kier molecular flexibility index (Phi) is 5.66. The maximum atomic E-state index is 12.3. The number of carbonyl (C=O) groups is 1. The molecule has 1 spiro atoms. The van der Waals surface area contributed by atoms with Crippen LogP contribution in [-0.2, 0) is 14.3 Å². The summed E-state index contributed by atoms with van der Waals surface area (Å²) in [4.78, 5) is 14.4. The minimum absolute atomic E-state index is 0. The molecule has 3 heterocycles. The number of hydrogen-bond acceptors (Lipinski definition) is 4. The highest BCUT2D eigenvalue weighted by Crippen LogP contribution is 2.39. The van der Waals surface area contributed by atoms with Crippen molar-refractivity contribution < 1.29 is 14.3 Å². The Bertz CT molecular complexity index is 328. The quantitative estimate of drug-likeness (QED) is 0.820. The van der Waals surface area contributed by atoms with Crippen molar-refractivity contribution in [1.82, 2.24) is 10.2 Å². The first kappa shape index (κ1) is 16.0. The SMILES string of the molecule is Cl.O=C(CC1COCCN1)N1CCC2(CCOCC2)C1. The van der Waals surface area contributed by atoms with Gasteiger partial charge in [0, 0.05) is 45.3 Å². The number of hydrogen-bond donors (Lipinski definition) is 1. The summed E-state index contributed by atoms with van der Waals surface area (Å²) in [7, 11) is 0. The van der Waals surface area contributed by atoms with E-state index in [9.17, 15) is 4.79 Å². The maximum absolute atomic E-state index is 12.3. The molecule has 116 valence electrons. The summed E-state index contributed by atoms with van der Waals surface area (Å²) in [6, 6.07) is 0.201. The van der Waals surface area contributed by atoms with Crippen LogP contribution in [0.15, 0.2) is 0 Å². The van der Waals surface area contributed by atoms with Crippen molar-refractivity contribution in [2.24, 2.45) is 5.41 Å². The Balaban J connectivity index is 0.00000147. The fourth-order valence-electron chi connectivity index (χ4n) is 3.45. The number of likely N-dealkylation sites (tertiary alicyclic amines) is 1.